The largest absolute Gasteiger partial charge is 0.382 e. The third-order valence-corrected chi connectivity index (χ3v) is 3.58. The number of para-hydroxylation sites is 2. The number of amides is 1. The molecule has 1 N–H and O–H groups in total. The molecule has 0 saturated carbocycles. The van der Waals surface area contributed by atoms with Crippen molar-refractivity contribution in [2.45, 2.75) is 20.3 Å². The maximum Gasteiger partial charge on any atom is 0.294 e. The molecule has 2 rings (SSSR count). The standard InChI is InChI=1S/C17H20N4O5/c1-3-26-10-6-9-18-17(23)16-15(22)11-12(2)20(19-16)13-7-4-5-8-14(13)21(24)25/h4-5,7-8,11H,3,6,9-10H2,1-2H3,(H,18,23). The lowest BCUT2D eigenvalue weighted by molar-refractivity contribution is -0.384. The van der Waals surface area contributed by atoms with Crippen molar-refractivity contribution in [3.8, 4) is 5.69 Å². The molecule has 0 atom stereocenters. The maximum absolute atomic E-state index is 12.3. The Labute approximate surface area is 149 Å². The molecule has 1 aromatic carbocycles. The fourth-order valence-corrected chi connectivity index (χ4v) is 2.35. The minimum absolute atomic E-state index is 0.171. The number of carbonyl (C=O) groups excluding carboxylic acids is 1. The smallest absolute Gasteiger partial charge is 0.294 e. The Kier molecular flexibility index (Phi) is 6.56. The zero-order valence-electron chi connectivity index (χ0n) is 14.6. The summed E-state index contributed by atoms with van der Waals surface area (Å²) in [6.07, 6.45) is 0.601. The first kappa shape index (κ1) is 19.3. The summed E-state index contributed by atoms with van der Waals surface area (Å²) in [4.78, 5) is 35.1. The minimum atomic E-state index is -0.626. The Morgan fingerprint density at radius 2 is 2.12 bits per heavy atom. The van der Waals surface area contributed by atoms with Gasteiger partial charge in [-0.2, -0.15) is 5.10 Å². The van der Waals surface area contributed by atoms with Gasteiger partial charge in [-0.1, -0.05) is 12.1 Å². The van der Waals surface area contributed by atoms with Crippen molar-refractivity contribution in [2.24, 2.45) is 0 Å². The molecule has 0 spiro atoms. The highest BCUT2D eigenvalue weighted by atomic mass is 16.6. The Bertz CT molecular complexity index is 862. The zero-order chi connectivity index (χ0) is 19.1. The van der Waals surface area contributed by atoms with Crippen molar-refractivity contribution >= 4 is 11.6 Å². The van der Waals surface area contributed by atoms with E-state index in [1.54, 1.807) is 13.0 Å². The molecule has 9 heteroatoms. The molecule has 0 aliphatic carbocycles. The predicted octanol–water partition coefficient (Wildman–Crippen LogP) is 1.61. The number of aryl methyl sites for hydroxylation is 1. The molecular weight excluding hydrogens is 340 g/mol. The summed E-state index contributed by atoms with van der Waals surface area (Å²) in [6, 6.07) is 7.23. The van der Waals surface area contributed by atoms with Crippen LogP contribution in [-0.4, -0.2) is 40.4 Å². The highest BCUT2D eigenvalue weighted by Gasteiger charge is 2.19. The van der Waals surface area contributed by atoms with Crippen molar-refractivity contribution < 1.29 is 14.5 Å². The number of hydrogen-bond acceptors (Lipinski definition) is 6. The molecule has 0 aliphatic rings. The first-order valence-corrected chi connectivity index (χ1v) is 8.16. The Balaban J connectivity index is 2.31. The van der Waals surface area contributed by atoms with Crippen molar-refractivity contribution in [3.05, 3.63) is 62.1 Å². The van der Waals surface area contributed by atoms with Gasteiger partial charge in [-0.05, 0) is 26.3 Å². The van der Waals surface area contributed by atoms with Gasteiger partial charge in [-0.25, -0.2) is 4.68 Å². The Morgan fingerprint density at radius 3 is 2.81 bits per heavy atom. The van der Waals surface area contributed by atoms with Crippen LogP contribution in [0.4, 0.5) is 5.69 Å². The summed E-state index contributed by atoms with van der Waals surface area (Å²) in [5.74, 6) is -0.626. The molecule has 0 fully saturated rings. The highest BCUT2D eigenvalue weighted by Crippen LogP contribution is 2.22. The van der Waals surface area contributed by atoms with Crippen LogP contribution in [0.2, 0.25) is 0 Å². The van der Waals surface area contributed by atoms with Crippen LogP contribution < -0.4 is 10.7 Å². The van der Waals surface area contributed by atoms with Crippen LogP contribution in [-0.2, 0) is 4.74 Å². The number of hydrogen-bond donors (Lipinski definition) is 1. The summed E-state index contributed by atoms with van der Waals surface area (Å²) in [6.45, 7) is 4.89. The Morgan fingerprint density at radius 1 is 1.38 bits per heavy atom. The first-order valence-electron chi connectivity index (χ1n) is 8.16. The lowest BCUT2D eigenvalue weighted by Gasteiger charge is -2.11. The molecule has 0 unspecified atom stereocenters. The molecular formula is C17H20N4O5. The van der Waals surface area contributed by atoms with Crippen molar-refractivity contribution in [2.75, 3.05) is 19.8 Å². The maximum atomic E-state index is 12.3. The minimum Gasteiger partial charge on any atom is -0.382 e. The molecule has 1 heterocycles. The fourth-order valence-electron chi connectivity index (χ4n) is 2.35. The van der Waals surface area contributed by atoms with Crippen molar-refractivity contribution in [1.29, 1.82) is 0 Å². The number of carbonyl (C=O) groups is 1. The number of nitrogens with one attached hydrogen (secondary N) is 1. The summed E-state index contributed by atoms with van der Waals surface area (Å²) in [7, 11) is 0. The van der Waals surface area contributed by atoms with Gasteiger partial charge in [0.1, 0.15) is 5.69 Å². The second-order valence-electron chi connectivity index (χ2n) is 5.46. The van der Waals surface area contributed by atoms with Gasteiger partial charge in [0.15, 0.2) is 5.69 Å². The van der Waals surface area contributed by atoms with E-state index in [1.807, 2.05) is 6.92 Å². The van der Waals surface area contributed by atoms with Crippen LogP contribution in [0.3, 0.4) is 0 Å². The molecule has 1 amide bonds. The molecule has 0 bridgehead atoms. The molecule has 138 valence electrons. The summed E-state index contributed by atoms with van der Waals surface area (Å²) < 4.78 is 6.41. The number of nitro groups is 1. The van der Waals surface area contributed by atoms with Gasteiger partial charge in [0.05, 0.1) is 4.92 Å². The van der Waals surface area contributed by atoms with Crippen LogP contribution in [0.5, 0.6) is 0 Å². The third kappa shape index (κ3) is 4.51. The van der Waals surface area contributed by atoms with Gasteiger partial charge < -0.3 is 10.1 Å². The van der Waals surface area contributed by atoms with E-state index in [4.69, 9.17) is 4.74 Å². The Hall–Kier alpha value is -3.07. The molecule has 0 radical (unpaired) electrons. The lowest BCUT2D eigenvalue weighted by atomic mass is 10.2. The zero-order valence-corrected chi connectivity index (χ0v) is 14.6. The monoisotopic (exact) mass is 360 g/mol. The number of rotatable bonds is 8. The SMILES string of the molecule is CCOCCCNC(=O)c1nn(-c2ccccc2[N+](=O)[O-])c(C)cc1=O. The molecule has 0 saturated heterocycles. The topological polar surface area (TPSA) is 116 Å². The van der Waals surface area contributed by atoms with Gasteiger partial charge >= 0.3 is 0 Å². The summed E-state index contributed by atoms with van der Waals surface area (Å²) in [5.41, 5.74) is -0.461. The number of benzene rings is 1. The van der Waals surface area contributed by atoms with E-state index in [1.165, 1.54) is 28.9 Å². The van der Waals surface area contributed by atoms with E-state index in [0.29, 0.717) is 31.9 Å². The number of aromatic nitrogens is 2. The van der Waals surface area contributed by atoms with Crippen LogP contribution >= 0.6 is 0 Å². The van der Waals surface area contributed by atoms with Crippen molar-refractivity contribution in [3.63, 3.8) is 0 Å². The summed E-state index contributed by atoms with van der Waals surface area (Å²) >= 11 is 0. The van der Waals surface area contributed by atoms with E-state index >= 15 is 0 Å². The second kappa shape index (κ2) is 8.86. The van der Waals surface area contributed by atoms with E-state index in [2.05, 4.69) is 10.4 Å². The quantitative estimate of drug-likeness (QED) is 0.434. The van der Waals surface area contributed by atoms with Gasteiger partial charge in [0.25, 0.3) is 11.6 Å². The van der Waals surface area contributed by atoms with Gasteiger partial charge in [-0.15, -0.1) is 0 Å². The van der Waals surface area contributed by atoms with E-state index in [-0.39, 0.29) is 17.1 Å². The van der Waals surface area contributed by atoms with Gasteiger partial charge in [0.2, 0.25) is 5.43 Å². The average Bonchev–Trinajstić information content (AvgIpc) is 2.61. The average molecular weight is 360 g/mol. The van der Waals surface area contributed by atoms with Crippen molar-refractivity contribution in [1.82, 2.24) is 15.1 Å². The molecule has 9 nitrogen and oxygen atoms in total. The van der Waals surface area contributed by atoms with E-state index in [0.717, 1.165) is 0 Å². The first-order chi connectivity index (χ1) is 12.5. The van der Waals surface area contributed by atoms with E-state index in [9.17, 15) is 19.7 Å². The lowest BCUT2D eigenvalue weighted by Crippen LogP contribution is -2.33. The fraction of sp³-hybridized carbons (Fsp3) is 0.353. The number of nitro benzene ring substituents is 1. The molecule has 2 aromatic rings. The van der Waals surface area contributed by atoms with Gasteiger partial charge in [0, 0.05) is 37.6 Å². The molecule has 26 heavy (non-hydrogen) atoms. The normalized spacial score (nSPS) is 10.5. The van der Waals surface area contributed by atoms with Crippen LogP contribution in [0.25, 0.3) is 5.69 Å². The predicted molar refractivity (Wildman–Crippen MR) is 94.7 cm³/mol. The second-order valence-corrected chi connectivity index (χ2v) is 5.46. The van der Waals surface area contributed by atoms with Crippen LogP contribution in [0.1, 0.15) is 29.5 Å². The van der Waals surface area contributed by atoms with Gasteiger partial charge in [-0.3, -0.25) is 19.7 Å². The van der Waals surface area contributed by atoms with Crippen LogP contribution in [0, 0.1) is 17.0 Å². The summed E-state index contributed by atoms with van der Waals surface area (Å²) in [5, 5.41) is 17.9. The molecule has 1 aromatic heterocycles. The third-order valence-electron chi connectivity index (χ3n) is 3.58. The number of nitrogens with zero attached hydrogens (tertiary/aromatic N) is 3. The number of ether oxygens (including phenoxy) is 1. The highest BCUT2D eigenvalue weighted by molar-refractivity contribution is 5.92. The molecule has 0 aliphatic heterocycles. The van der Waals surface area contributed by atoms with Crippen LogP contribution in [0.15, 0.2) is 35.1 Å². The van der Waals surface area contributed by atoms with E-state index < -0.39 is 16.3 Å².